The van der Waals surface area contributed by atoms with E-state index in [0.717, 1.165) is 29.2 Å². The van der Waals surface area contributed by atoms with E-state index in [1.165, 1.54) is 44.6 Å². The van der Waals surface area contributed by atoms with E-state index in [9.17, 15) is 4.79 Å². The van der Waals surface area contributed by atoms with E-state index in [0.29, 0.717) is 6.04 Å². The van der Waals surface area contributed by atoms with Crippen molar-refractivity contribution in [2.24, 2.45) is 0 Å². The molecule has 1 aliphatic carbocycles. The van der Waals surface area contributed by atoms with Gasteiger partial charge in [-0.25, -0.2) is 0 Å². The third-order valence-electron chi connectivity index (χ3n) is 4.88. The van der Waals surface area contributed by atoms with Gasteiger partial charge >= 0.3 is 0 Å². The van der Waals surface area contributed by atoms with E-state index in [-0.39, 0.29) is 29.9 Å². The highest BCUT2D eigenvalue weighted by Crippen LogP contribution is 2.36. The molecular weight excluding hydrogens is 391 g/mol. The molecule has 1 aromatic carbocycles. The number of carbonyl (C=O) groups excluding carboxylic acids is 1. The van der Waals surface area contributed by atoms with Crippen LogP contribution in [0.5, 0.6) is 5.75 Å². The Balaban J connectivity index is 0.00000176. The van der Waals surface area contributed by atoms with Crippen molar-refractivity contribution in [2.75, 3.05) is 19.1 Å². The lowest BCUT2D eigenvalue weighted by molar-refractivity contribution is -0.963. The number of hydrogen-bond donors (Lipinski definition) is 1. The number of hydrogen-bond acceptors (Lipinski definition) is 2. The van der Waals surface area contributed by atoms with Crippen molar-refractivity contribution in [3.63, 3.8) is 0 Å². The van der Waals surface area contributed by atoms with Gasteiger partial charge in [-0.3, -0.25) is 9.28 Å². The molecule has 0 radical (unpaired) electrons. The summed E-state index contributed by atoms with van der Waals surface area (Å²) in [5.41, 5.74) is 2.07. The van der Waals surface area contributed by atoms with Crippen molar-refractivity contribution >= 4 is 11.6 Å². The quantitative estimate of drug-likeness (QED) is 0.556. The summed E-state index contributed by atoms with van der Waals surface area (Å²) in [7, 11) is 2.31. The molecule has 1 saturated carbocycles. The number of halogens is 1. The van der Waals surface area contributed by atoms with Crippen molar-refractivity contribution in [3.05, 3.63) is 23.8 Å². The highest BCUT2D eigenvalue weighted by atomic mass is 127. The fourth-order valence-corrected chi connectivity index (χ4v) is 3.72. The Morgan fingerprint density at radius 2 is 2.00 bits per heavy atom. The fourth-order valence-electron chi connectivity index (χ4n) is 3.72. The minimum absolute atomic E-state index is 0. The van der Waals surface area contributed by atoms with E-state index >= 15 is 0 Å². The first-order valence-electron chi connectivity index (χ1n) is 7.94. The Bertz CT molecular complexity index is 543. The maximum Gasteiger partial charge on any atom is 0.224 e. The van der Waals surface area contributed by atoms with Gasteiger partial charge in [-0.05, 0) is 43.9 Å². The van der Waals surface area contributed by atoms with Crippen LogP contribution in [-0.4, -0.2) is 30.2 Å². The first-order valence-corrected chi connectivity index (χ1v) is 7.94. The number of nitrogens with one attached hydrogen (secondary N) is 1. The molecule has 1 aliphatic heterocycles. The number of fused-ring (bicyclic) bond motifs is 1. The van der Waals surface area contributed by atoms with Crippen LogP contribution >= 0.6 is 0 Å². The van der Waals surface area contributed by atoms with Crippen LogP contribution in [-0.2, 0) is 11.3 Å². The normalized spacial score (nSPS) is 24.6. The van der Waals surface area contributed by atoms with Gasteiger partial charge in [0, 0.05) is 12.6 Å². The maximum absolute atomic E-state index is 11.2. The average Bonchev–Trinajstić information content (AvgIpc) is 2.47. The molecule has 1 unspecified atom stereocenters. The molecule has 0 saturated heterocycles. The number of nitrogens with zero attached hydrogens (tertiary/aromatic N) is 1. The summed E-state index contributed by atoms with van der Waals surface area (Å²) in [6, 6.07) is 6.66. The van der Waals surface area contributed by atoms with Crippen LogP contribution in [0.25, 0.3) is 0 Å². The molecule has 1 N–H and O–H groups in total. The molecule has 3 rings (SSSR count). The molecule has 1 atom stereocenters. The molecule has 0 aromatic heterocycles. The fraction of sp³-hybridized carbons (Fsp3) is 0.588. The van der Waals surface area contributed by atoms with E-state index in [1.54, 1.807) is 0 Å². The predicted octanol–water partition coefficient (Wildman–Crippen LogP) is 0.278. The van der Waals surface area contributed by atoms with Crippen LogP contribution in [0.2, 0.25) is 0 Å². The summed E-state index contributed by atoms with van der Waals surface area (Å²) < 4.78 is 6.98. The van der Waals surface area contributed by atoms with Gasteiger partial charge in [0.15, 0.2) is 0 Å². The summed E-state index contributed by atoms with van der Waals surface area (Å²) >= 11 is 0. The second kappa shape index (κ2) is 7.17. The largest absolute Gasteiger partial charge is 1.00 e. The SMILES string of the molecule is CC(=O)Nc1ccc2c(c1)C[N+](C)(C1CCCCC1)CO2.[I-]. The molecule has 2 aliphatic rings. The number of rotatable bonds is 2. The number of carbonyl (C=O) groups is 1. The molecule has 5 heteroatoms. The van der Waals surface area contributed by atoms with Gasteiger partial charge < -0.3 is 34.0 Å². The van der Waals surface area contributed by atoms with E-state index < -0.39 is 0 Å². The Morgan fingerprint density at radius 3 is 2.68 bits per heavy atom. The maximum atomic E-state index is 11.2. The lowest BCUT2D eigenvalue weighted by atomic mass is 9.92. The zero-order valence-corrected chi connectivity index (χ0v) is 15.6. The second-order valence-electron chi connectivity index (χ2n) is 6.71. The minimum Gasteiger partial charge on any atom is -1.00 e. The average molecular weight is 416 g/mol. The Hall–Kier alpha value is -0.820. The summed E-state index contributed by atoms with van der Waals surface area (Å²) in [4.78, 5) is 11.2. The van der Waals surface area contributed by atoms with Gasteiger partial charge in [0.25, 0.3) is 0 Å². The van der Waals surface area contributed by atoms with Gasteiger partial charge in [-0.2, -0.15) is 0 Å². The summed E-state index contributed by atoms with van der Waals surface area (Å²) in [6.07, 6.45) is 6.68. The third kappa shape index (κ3) is 3.74. The second-order valence-corrected chi connectivity index (χ2v) is 6.71. The van der Waals surface area contributed by atoms with Gasteiger partial charge in [-0.15, -0.1) is 0 Å². The van der Waals surface area contributed by atoms with Gasteiger partial charge in [0.05, 0.1) is 18.7 Å². The molecule has 4 nitrogen and oxygen atoms in total. The summed E-state index contributed by atoms with van der Waals surface area (Å²) in [6.45, 7) is 3.29. The van der Waals surface area contributed by atoms with E-state index in [1.807, 2.05) is 12.1 Å². The van der Waals surface area contributed by atoms with E-state index in [4.69, 9.17) is 4.74 Å². The number of amides is 1. The summed E-state index contributed by atoms with van der Waals surface area (Å²) in [5, 5.41) is 2.86. The van der Waals surface area contributed by atoms with Crippen molar-refractivity contribution in [2.45, 2.75) is 51.6 Å². The van der Waals surface area contributed by atoms with E-state index in [2.05, 4.69) is 18.4 Å². The Morgan fingerprint density at radius 1 is 1.27 bits per heavy atom. The highest BCUT2D eigenvalue weighted by molar-refractivity contribution is 5.88. The van der Waals surface area contributed by atoms with Crippen LogP contribution in [0, 0.1) is 0 Å². The molecule has 22 heavy (non-hydrogen) atoms. The zero-order chi connectivity index (χ0) is 14.9. The number of anilines is 1. The van der Waals surface area contributed by atoms with Gasteiger partial charge in [0.2, 0.25) is 12.6 Å². The van der Waals surface area contributed by atoms with Crippen molar-refractivity contribution in [1.82, 2.24) is 0 Å². The first-order chi connectivity index (χ1) is 10.1. The zero-order valence-electron chi connectivity index (χ0n) is 13.4. The third-order valence-corrected chi connectivity index (χ3v) is 4.88. The molecule has 1 heterocycles. The number of ether oxygens (including phenoxy) is 1. The number of quaternary nitrogens is 1. The number of benzene rings is 1. The predicted molar refractivity (Wildman–Crippen MR) is 83.0 cm³/mol. The molecule has 122 valence electrons. The van der Waals surface area contributed by atoms with Crippen molar-refractivity contribution in [1.29, 1.82) is 0 Å². The van der Waals surface area contributed by atoms with Crippen molar-refractivity contribution < 1.29 is 38.0 Å². The smallest absolute Gasteiger partial charge is 0.224 e. The standard InChI is InChI=1S/C17H24N2O2.HI/c1-13(20)18-15-8-9-17-14(10-15)11-19(2,12-21-17)16-6-4-3-5-7-16;/h8-10,16H,3-7,11-12H2,1-2H3;1H. The van der Waals surface area contributed by atoms with Gasteiger partial charge in [-0.1, -0.05) is 6.42 Å². The van der Waals surface area contributed by atoms with Crippen LogP contribution in [0.3, 0.4) is 0 Å². The van der Waals surface area contributed by atoms with Crippen LogP contribution < -0.4 is 34.0 Å². The minimum atomic E-state index is -0.0313. The van der Waals surface area contributed by atoms with Crippen LogP contribution in [0.15, 0.2) is 18.2 Å². The van der Waals surface area contributed by atoms with Gasteiger partial charge in [0.1, 0.15) is 12.3 Å². The molecule has 1 aromatic rings. The van der Waals surface area contributed by atoms with Crippen LogP contribution in [0.1, 0.15) is 44.6 Å². The molecular formula is C17H25IN2O2. The Kier molecular flexibility index (Phi) is 5.71. The van der Waals surface area contributed by atoms with Crippen molar-refractivity contribution in [3.8, 4) is 5.75 Å². The first kappa shape index (κ1) is 17.5. The highest BCUT2D eigenvalue weighted by Gasteiger charge is 2.38. The molecule has 1 amide bonds. The Labute approximate surface area is 149 Å². The molecule has 1 fully saturated rings. The molecule has 0 bridgehead atoms. The molecule has 0 spiro atoms. The lowest BCUT2D eigenvalue weighted by Gasteiger charge is -2.45. The summed E-state index contributed by atoms with van der Waals surface area (Å²) in [5.74, 6) is 0.937. The van der Waals surface area contributed by atoms with Crippen LogP contribution in [0.4, 0.5) is 5.69 Å². The monoisotopic (exact) mass is 416 g/mol. The topological polar surface area (TPSA) is 38.3 Å². The lowest BCUT2D eigenvalue weighted by Crippen LogP contribution is -3.00.